The summed E-state index contributed by atoms with van der Waals surface area (Å²) in [6.07, 6.45) is 0. The normalized spacial score (nSPS) is 19.2. The van der Waals surface area contributed by atoms with E-state index in [1.165, 1.54) is 0 Å². The van der Waals surface area contributed by atoms with Crippen molar-refractivity contribution in [3.63, 3.8) is 0 Å². The molecule has 120 valence electrons. The lowest BCUT2D eigenvalue weighted by atomic mass is 9.77. The molecule has 1 aromatic rings. The van der Waals surface area contributed by atoms with Crippen LogP contribution in [0.5, 0.6) is 0 Å². The zero-order valence-electron chi connectivity index (χ0n) is 13.3. The summed E-state index contributed by atoms with van der Waals surface area (Å²) >= 11 is 0. The van der Waals surface area contributed by atoms with Gasteiger partial charge in [0.25, 0.3) is 5.69 Å². The van der Waals surface area contributed by atoms with Crippen molar-refractivity contribution in [1.29, 1.82) is 0 Å². The van der Waals surface area contributed by atoms with E-state index in [4.69, 9.17) is 14.4 Å². The molecule has 0 aliphatic carbocycles. The van der Waals surface area contributed by atoms with Crippen LogP contribution >= 0.6 is 0 Å². The quantitative estimate of drug-likeness (QED) is 0.484. The monoisotopic (exact) mass is 308 g/mol. The fraction of sp³-hybridized carbons (Fsp3) is 0.571. The number of nitro benzene ring substituents is 1. The van der Waals surface area contributed by atoms with Crippen LogP contribution in [-0.4, -0.2) is 41.5 Å². The topological polar surface area (TPSA) is 93.9 Å². The summed E-state index contributed by atoms with van der Waals surface area (Å²) in [5, 5.41) is 23.2. The van der Waals surface area contributed by atoms with Gasteiger partial charge in [0.15, 0.2) is 0 Å². The molecule has 1 saturated heterocycles. The van der Waals surface area contributed by atoms with E-state index in [9.17, 15) is 10.1 Å². The Morgan fingerprint density at radius 1 is 1.27 bits per heavy atom. The van der Waals surface area contributed by atoms with Gasteiger partial charge in [0, 0.05) is 6.54 Å². The maximum atomic E-state index is 11.5. The van der Waals surface area contributed by atoms with Crippen LogP contribution in [-0.2, 0) is 9.31 Å². The lowest BCUT2D eigenvalue weighted by Gasteiger charge is -2.32. The maximum absolute atomic E-state index is 11.5. The third-order valence-corrected chi connectivity index (χ3v) is 4.18. The van der Waals surface area contributed by atoms with Gasteiger partial charge in [-0.25, -0.2) is 0 Å². The predicted molar refractivity (Wildman–Crippen MR) is 84.4 cm³/mol. The first kappa shape index (κ1) is 16.7. The summed E-state index contributed by atoms with van der Waals surface area (Å²) in [5.41, 5.74) is -0.521. The third-order valence-electron chi connectivity index (χ3n) is 4.18. The van der Waals surface area contributed by atoms with E-state index in [-0.39, 0.29) is 18.8 Å². The summed E-state index contributed by atoms with van der Waals surface area (Å²) in [4.78, 5) is 11.0. The highest BCUT2D eigenvalue weighted by Crippen LogP contribution is 2.37. The van der Waals surface area contributed by atoms with Crippen LogP contribution in [0.2, 0.25) is 0 Å². The van der Waals surface area contributed by atoms with Gasteiger partial charge in [-0.05, 0) is 33.8 Å². The first-order valence-corrected chi connectivity index (χ1v) is 7.17. The van der Waals surface area contributed by atoms with Crippen molar-refractivity contribution in [2.45, 2.75) is 38.9 Å². The van der Waals surface area contributed by atoms with Crippen molar-refractivity contribution in [2.75, 3.05) is 18.5 Å². The zero-order chi connectivity index (χ0) is 16.5. The molecule has 1 aliphatic rings. The second kappa shape index (κ2) is 5.87. The molecule has 22 heavy (non-hydrogen) atoms. The van der Waals surface area contributed by atoms with E-state index in [1.807, 2.05) is 27.7 Å². The Morgan fingerprint density at radius 3 is 2.36 bits per heavy atom. The molecule has 1 aromatic carbocycles. The van der Waals surface area contributed by atoms with E-state index < -0.39 is 23.2 Å². The van der Waals surface area contributed by atoms with E-state index in [0.29, 0.717) is 11.2 Å². The number of aliphatic hydroxyl groups is 1. The van der Waals surface area contributed by atoms with Crippen molar-refractivity contribution in [3.05, 3.63) is 28.3 Å². The largest absolute Gasteiger partial charge is 0.502 e. The van der Waals surface area contributed by atoms with Crippen molar-refractivity contribution >= 4 is 24.0 Å². The van der Waals surface area contributed by atoms with Crippen LogP contribution in [0.3, 0.4) is 0 Å². The zero-order valence-corrected chi connectivity index (χ0v) is 13.3. The van der Waals surface area contributed by atoms with Crippen LogP contribution in [0.15, 0.2) is 18.2 Å². The molecule has 1 fully saturated rings. The Bertz CT molecular complexity index is 560. The van der Waals surface area contributed by atoms with Gasteiger partial charge in [0.05, 0.1) is 28.2 Å². The molecule has 8 heteroatoms. The summed E-state index contributed by atoms with van der Waals surface area (Å²) < 4.78 is 11.8. The van der Waals surface area contributed by atoms with Crippen LogP contribution in [0.4, 0.5) is 11.4 Å². The van der Waals surface area contributed by atoms with Crippen LogP contribution < -0.4 is 10.8 Å². The Balaban J connectivity index is 2.42. The summed E-state index contributed by atoms with van der Waals surface area (Å²) in [6, 6.07) is 4.93. The smallest absolute Gasteiger partial charge is 0.399 e. The third kappa shape index (κ3) is 2.94. The molecule has 2 N–H and O–H groups in total. The average molecular weight is 308 g/mol. The number of nitro groups is 1. The highest BCUT2D eigenvalue weighted by molar-refractivity contribution is 6.63. The van der Waals surface area contributed by atoms with Crippen molar-refractivity contribution in [2.24, 2.45) is 0 Å². The van der Waals surface area contributed by atoms with Gasteiger partial charge < -0.3 is 19.7 Å². The predicted octanol–water partition coefficient (Wildman–Crippen LogP) is 1.30. The molecular weight excluding hydrogens is 287 g/mol. The standard InChI is InChI=1S/C14H21BN2O5/c1-13(2)14(3,4)22-15(21-13)10-6-5-7-11(16-8-9-18)12(10)17(19)20/h5-7,16,18H,8-9H2,1-4H3. The number of benzene rings is 1. The average Bonchev–Trinajstić information content (AvgIpc) is 2.64. The van der Waals surface area contributed by atoms with Crippen LogP contribution in [0.25, 0.3) is 0 Å². The SMILES string of the molecule is CC1(C)OB(c2cccc(NCCO)c2[N+](=O)[O-])OC1(C)C. The van der Waals surface area contributed by atoms with Crippen molar-refractivity contribution < 1.29 is 19.3 Å². The molecule has 0 spiro atoms. The Labute approximate surface area is 129 Å². The number of nitrogens with one attached hydrogen (secondary N) is 1. The van der Waals surface area contributed by atoms with E-state index in [2.05, 4.69) is 5.32 Å². The fourth-order valence-electron chi connectivity index (χ4n) is 2.26. The first-order valence-electron chi connectivity index (χ1n) is 7.17. The number of hydrogen-bond donors (Lipinski definition) is 2. The second-order valence-corrected chi connectivity index (χ2v) is 6.24. The molecule has 1 aliphatic heterocycles. The van der Waals surface area contributed by atoms with Gasteiger partial charge in [0.2, 0.25) is 0 Å². The van der Waals surface area contributed by atoms with E-state index >= 15 is 0 Å². The van der Waals surface area contributed by atoms with Gasteiger partial charge in [-0.15, -0.1) is 0 Å². The number of anilines is 1. The van der Waals surface area contributed by atoms with Gasteiger partial charge in [-0.1, -0.05) is 12.1 Å². The Hall–Kier alpha value is -1.64. The minimum atomic E-state index is -0.804. The number of para-hydroxylation sites is 1. The van der Waals surface area contributed by atoms with Gasteiger partial charge in [-0.3, -0.25) is 10.1 Å². The van der Waals surface area contributed by atoms with E-state index in [1.54, 1.807) is 18.2 Å². The number of rotatable bonds is 5. The summed E-state index contributed by atoms with van der Waals surface area (Å²) in [7, 11) is -0.804. The summed E-state index contributed by atoms with van der Waals surface area (Å²) in [5.74, 6) is 0. The van der Waals surface area contributed by atoms with E-state index in [0.717, 1.165) is 0 Å². The highest BCUT2D eigenvalue weighted by Gasteiger charge is 2.53. The van der Waals surface area contributed by atoms with Gasteiger partial charge >= 0.3 is 7.12 Å². The van der Waals surface area contributed by atoms with Gasteiger partial charge in [0.1, 0.15) is 5.69 Å². The molecule has 0 atom stereocenters. The van der Waals surface area contributed by atoms with Crippen LogP contribution in [0, 0.1) is 10.1 Å². The number of nitrogens with zero attached hydrogens (tertiary/aromatic N) is 1. The Morgan fingerprint density at radius 2 is 1.86 bits per heavy atom. The maximum Gasteiger partial charge on any atom is 0.502 e. The fourth-order valence-corrected chi connectivity index (χ4v) is 2.26. The molecule has 0 bridgehead atoms. The molecule has 1 heterocycles. The first-order chi connectivity index (χ1) is 10.2. The molecule has 0 unspecified atom stereocenters. The van der Waals surface area contributed by atoms with Gasteiger partial charge in [-0.2, -0.15) is 0 Å². The second-order valence-electron chi connectivity index (χ2n) is 6.24. The molecule has 0 saturated carbocycles. The minimum Gasteiger partial charge on any atom is -0.399 e. The molecule has 2 rings (SSSR count). The number of hydrogen-bond acceptors (Lipinski definition) is 6. The molecular formula is C14H21BN2O5. The summed E-state index contributed by atoms with van der Waals surface area (Å²) in [6.45, 7) is 7.70. The molecule has 0 radical (unpaired) electrons. The highest BCUT2D eigenvalue weighted by atomic mass is 16.7. The number of aliphatic hydroxyl groups excluding tert-OH is 1. The van der Waals surface area contributed by atoms with Crippen LogP contribution in [0.1, 0.15) is 27.7 Å². The minimum absolute atomic E-state index is 0.0885. The van der Waals surface area contributed by atoms with Crippen molar-refractivity contribution in [3.8, 4) is 0 Å². The molecule has 0 amide bonds. The lowest BCUT2D eigenvalue weighted by molar-refractivity contribution is -0.382. The Kier molecular flexibility index (Phi) is 4.46. The molecule has 0 aromatic heterocycles. The lowest BCUT2D eigenvalue weighted by Crippen LogP contribution is -2.41. The van der Waals surface area contributed by atoms with Crippen molar-refractivity contribution in [1.82, 2.24) is 0 Å². The molecule has 7 nitrogen and oxygen atoms in total.